The summed E-state index contributed by atoms with van der Waals surface area (Å²) in [5, 5.41) is 8.75. The van der Waals surface area contributed by atoms with E-state index in [2.05, 4.69) is 6.92 Å². The molecular formula is C18H37NaO4S. The Morgan fingerprint density at radius 3 is 1.67 bits per heavy atom. The molecule has 0 aliphatic rings. The van der Waals surface area contributed by atoms with Crippen LogP contribution in [0.2, 0.25) is 0 Å². The topological polar surface area (TPSA) is 77.4 Å². The minimum absolute atomic E-state index is 0. The third-order valence-corrected chi connectivity index (χ3v) is 5.86. The molecule has 0 heterocycles. The molecule has 140 valence electrons. The Kier molecular flexibility index (Phi) is 19.5. The first-order chi connectivity index (χ1) is 10.9. The van der Waals surface area contributed by atoms with Gasteiger partial charge in [-0.15, -0.1) is 0 Å². The maximum absolute atomic E-state index is 11.3. The van der Waals surface area contributed by atoms with E-state index in [-0.39, 0.29) is 35.7 Å². The van der Waals surface area contributed by atoms with E-state index >= 15 is 0 Å². The number of hydrogen-bond acceptors (Lipinski definition) is 4. The van der Waals surface area contributed by atoms with E-state index in [9.17, 15) is 18.1 Å². The molecule has 0 aromatic carbocycles. The monoisotopic (exact) mass is 372 g/mol. The van der Waals surface area contributed by atoms with Gasteiger partial charge in [0.1, 0.15) is 0 Å². The molecule has 0 aromatic heterocycles. The van der Waals surface area contributed by atoms with E-state index < -0.39 is 15.4 Å². The molecule has 0 rings (SSSR count). The van der Waals surface area contributed by atoms with Gasteiger partial charge >= 0.3 is 29.6 Å². The van der Waals surface area contributed by atoms with Gasteiger partial charge in [-0.3, -0.25) is 0 Å². The smallest absolute Gasteiger partial charge is 0.748 e. The molecule has 0 fully saturated rings. The molecule has 2 unspecified atom stereocenters. The zero-order chi connectivity index (χ0) is 17.6. The Labute approximate surface area is 172 Å². The van der Waals surface area contributed by atoms with Crippen molar-refractivity contribution in [2.75, 3.05) is 0 Å². The average Bonchev–Trinajstić information content (AvgIpc) is 2.50. The summed E-state index contributed by atoms with van der Waals surface area (Å²) in [5.41, 5.74) is 0. The van der Waals surface area contributed by atoms with Crippen molar-refractivity contribution in [3.05, 3.63) is 0 Å². The van der Waals surface area contributed by atoms with Crippen molar-refractivity contribution in [2.24, 2.45) is 0 Å². The van der Waals surface area contributed by atoms with Gasteiger partial charge in [0.15, 0.2) is 0 Å². The minimum Gasteiger partial charge on any atom is -0.748 e. The van der Waals surface area contributed by atoms with Gasteiger partial charge in [0.05, 0.1) is 16.2 Å². The van der Waals surface area contributed by atoms with Crippen LogP contribution in [0.25, 0.3) is 0 Å². The predicted octanol–water partition coefficient (Wildman–Crippen LogP) is 1.77. The van der Waals surface area contributed by atoms with Crippen molar-refractivity contribution in [3.8, 4) is 0 Å². The van der Waals surface area contributed by atoms with Crippen LogP contribution in [0, 0.1) is 0 Å². The van der Waals surface area contributed by atoms with Crippen LogP contribution in [0.3, 0.4) is 0 Å². The van der Waals surface area contributed by atoms with Crippen LogP contribution in [-0.4, -0.2) is 29.4 Å². The fraction of sp³-hybridized carbons (Fsp3) is 1.00. The second kappa shape index (κ2) is 17.3. The number of rotatable bonds is 16. The molecule has 0 saturated carbocycles. The van der Waals surface area contributed by atoms with Crippen molar-refractivity contribution in [1.29, 1.82) is 0 Å². The van der Waals surface area contributed by atoms with Gasteiger partial charge < -0.3 is 9.66 Å². The Morgan fingerprint density at radius 1 is 0.792 bits per heavy atom. The van der Waals surface area contributed by atoms with E-state index in [0.29, 0.717) is 25.7 Å². The number of aliphatic hydroxyl groups is 1. The quantitative estimate of drug-likeness (QED) is 0.254. The second-order valence-electron chi connectivity index (χ2n) is 6.72. The maximum atomic E-state index is 11.3. The average molecular weight is 373 g/mol. The summed E-state index contributed by atoms with van der Waals surface area (Å²) in [6.07, 6.45) is 12.8. The van der Waals surface area contributed by atoms with Gasteiger partial charge in [0.25, 0.3) is 0 Å². The predicted molar refractivity (Wildman–Crippen MR) is 95.5 cm³/mol. The summed E-state index contributed by atoms with van der Waals surface area (Å²) in [6, 6.07) is 0. The third-order valence-electron chi connectivity index (χ3n) is 4.57. The molecule has 0 amide bonds. The third kappa shape index (κ3) is 16.3. The molecule has 0 aromatic rings. The molecule has 0 saturated heterocycles. The Balaban J connectivity index is 0. The Hall–Kier alpha value is 0.870. The molecule has 1 N–H and O–H groups in total. The molecule has 4 nitrogen and oxygen atoms in total. The fourth-order valence-electron chi connectivity index (χ4n) is 2.89. The largest absolute Gasteiger partial charge is 1.00 e. The zero-order valence-corrected chi connectivity index (χ0v) is 19.0. The van der Waals surface area contributed by atoms with E-state index in [4.69, 9.17) is 0 Å². The van der Waals surface area contributed by atoms with E-state index in [0.717, 1.165) is 32.1 Å². The summed E-state index contributed by atoms with van der Waals surface area (Å²) in [5.74, 6) is 0. The van der Waals surface area contributed by atoms with Gasteiger partial charge in [0, 0.05) is 5.25 Å². The van der Waals surface area contributed by atoms with Crippen LogP contribution < -0.4 is 29.6 Å². The van der Waals surface area contributed by atoms with Gasteiger partial charge in [0.2, 0.25) is 0 Å². The standard InChI is InChI=1S/C18H38O4S.Na/c1-3-5-6-7-8-9-10-11-15-18(23(20,21)22)16-13-12-14-17(19)4-2;/h17-19H,3-16H2,1-2H3,(H,20,21,22);/q;+1/p-1. The molecule has 24 heavy (non-hydrogen) atoms. The molecule has 0 bridgehead atoms. The van der Waals surface area contributed by atoms with Gasteiger partial charge in [-0.2, -0.15) is 0 Å². The molecule has 0 spiro atoms. The Bertz CT molecular complexity index is 360. The van der Waals surface area contributed by atoms with Crippen LogP contribution in [0.15, 0.2) is 0 Å². The van der Waals surface area contributed by atoms with Gasteiger partial charge in [-0.1, -0.05) is 78.1 Å². The summed E-state index contributed by atoms with van der Waals surface area (Å²) in [6.45, 7) is 4.13. The van der Waals surface area contributed by atoms with Gasteiger partial charge in [-0.05, 0) is 25.7 Å². The first kappa shape index (κ1) is 27.1. The van der Waals surface area contributed by atoms with Crippen molar-refractivity contribution in [1.82, 2.24) is 0 Å². The van der Waals surface area contributed by atoms with E-state index in [1.54, 1.807) is 0 Å². The number of aliphatic hydroxyl groups excluding tert-OH is 1. The molecule has 0 radical (unpaired) electrons. The van der Waals surface area contributed by atoms with E-state index in [1.807, 2.05) is 6.92 Å². The first-order valence-electron chi connectivity index (χ1n) is 9.54. The van der Waals surface area contributed by atoms with Crippen LogP contribution in [0.4, 0.5) is 0 Å². The van der Waals surface area contributed by atoms with Crippen molar-refractivity contribution in [3.63, 3.8) is 0 Å². The zero-order valence-electron chi connectivity index (χ0n) is 16.1. The maximum Gasteiger partial charge on any atom is 1.00 e. The van der Waals surface area contributed by atoms with Gasteiger partial charge in [-0.25, -0.2) is 8.42 Å². The fourth-order valence-corrected chi connectivity index (χ4v) is 3.81. The Morgan fingerprint density at radius 2 is 1.21 bits per heavy atom. The summed E-state index contributed by atoms with van der Waals surface area (Å²) in [7, 11) is -4.19. The first-order valence-corrected chi connectivity index (χ1v) is 11.0. The van der Waals surface area contributed by atoms with Crippen LogP contribution in [-0.2, 0) is 10.1 Å². The normalized spacial score (nSPS) is 14.2. The van der Waals surface area contributed by atoms with Crippen LogP contribution >= 0.6 is 0 Å². The number of unbranched alkanes of at least 4 members (excludes halogenated alkanes) is 8. The van der Waals surface area contributed by atoms with Crippen LogP contribution in [0.5, 0.6) is 0 Å². The van der Waals surface area contributed by atoms with Crippen molar-refractivity contribution in [2.45, 2.75) is 115 Å². The van der Waals surface area contributed by atoms with Crippen molar-refractivity contribution >= 4 is 10.1 Å². The van der Waals surface area contributed by atoms with Crippen molar-refractivity contribution < 1.29 is 47.6 Å². The van der Waals surface area contributed by atoms with Crippen LogP contribution in [0.1, 0.15) is 104 Å². The molecule has 0 aliphatic carbocycles. The SMILES string of the molecule is CCCCCCCCCCC(CCCCC(O)CC)S(=O)(=O)[O-].[Na+]. The molecule has 6 heteroatoms. The summed E-state index contributed by atoms with van der Waals surface area (Å²) in [4.78, 5) is 0. The summed E-state index contributed by atoms with van der Waals surface area (Å²) < 4.78 is 34.0. The minimum atomic E-state index is -4.19. The molecule has 2 atom stereocenters. The number of hydrogen-bond donors (Lipinski definition) is 1. The van der Waals surface area contributed by atoms with E-state index in [1.165, 1.54) is 32.1 Å². The summed E-state index contributed by atoms with van der Waals surface area (Å²) >= 11 is 0. The second-order valence-corrected chi connectivity index (χ2v) is 8.38. The molecular weight excluding hydrogens is 335 g/mol. The molecule has 0 aliphatic heterocycles.